The maximum absolute atomic E-state index is 11.8. The summed E-state index contributed by atoms with van der Waals surface area (Å²) in [5, 5.41) is 22.5. The van der Waals surface area contributed by atoms with Crippen molar-refractivity contribution in [2.75, 3.05) is 69.3 Å². The van der Waals surface area contributed by atoms with E-state index in [1.807, 2.05) is 24.3 Å². The van der Waals surface area contributed by atoms with E-state index >= 15 is 0 Å². The van der Waals surface area contributed by atoms with Crippen LogP contribution in [0, 0.1) is 17.2 Å². The van der Waals surface area contributed by atoms with Crippen LogP contribution in [-0.2, 0) is 9.53 Å². The van der Waals surface area contributed by atoms with Crippen LogP contribution < -0.4 is 15.0 Å². The highest BCUT2D eigenvalue weighted by molar-refractivity contribution is 5.81. The predicted molar refractivity (Wildman–Crippen MR) is 158 cm³/mol. The number of rotatable bonds is 9. The van der Waals surface area contributed by atoms with Gasteiger partial charge in [-0.15, -0.1) is 0 Å². The molecule has 11 nitrogen and oxygen atoms in total. The van der Waals surface area contributed by atoms with Crippen LogP contribution in [-0.4, -0.2) is 102 Å². The highest BCUT2D eigenvalue weighted by atomic mass is 16.5. The molecule has 218 valence electrons. The molecule has 3 saturated heterocycles. The summed E-state index contributed by atoms with van der Waals surface area (Å²) in [4.78, 5) is 27.4. The molecule has 0 saturated carbocycles. The Bertz CT molecular complexity index is 1440. The second kappa shape index (κ2) is 12.3. The molecule has 0 radical (unpaired) electrons. The van der Waals surface area contributed by atoms with Crippen LogP contribution >= 0.6 is 0 Å². The number of ether oxygens (including phenoxy) is 2. The number of aromatic nitrogens is 2. The topological polar surface area (TPSA) is 127 Å². The predicted octanol–water partition coefficient (Wildman–Crippen LogP) is 2.50. The van der Waals surface area contributed by atoms with Gasteiger partial charge in [0, 0.05) is 68.3 Å². The molecule has 2 N–H and O–H groups in total. The maximum atomic E-state index is 11.8. The van der Waals surface area contributed by atoms with Gasteiger partial charge in [0.1, 0.15) is 17.9 Å². The fourth-order valence-corrected chi connectivity index (χ4v) is 5.47. The Morgan fingerprint density at radius 3 is 2.57 bits per heavy atom. The van der Waals surface area contributed by atoms with Crippen LogP contribution in [0.2, 0.25) is 0 Å². The molecular weight excluding hydrogens is 534 g/mol. The molecule has 2 aromatic carbocycles. The molecule has 3 aromatic rings. The average Bonchev–Trinajstić information content (AvgIpc) is 2.96. The van der Waals surface area contributed by atoms with E-state index in [0.29, 0.717) is 48.7 Å². The van der Waals surface area contributed by atoms with Crippen LogP contribution in [0.1, 0.15) is 12.5 Å². The highest BCUT2D eigenvalue weighted by Crippen LogP contribution is 2.28. The highest BCUT2D eigenvalue weighted by Gasteiger charge is 2.33. The number of hydrogen-bond donors (Lipinski definition) is 2. The van der Waals surface area contributed by atoms with Gasteiger partial charge in [-0.2, -0.15) is 5.26 Å². The molecule has 4 heterocycles. The van der Waals surface area contributed by atoms with Gasteiger partial charge in [0.05, 0.1) is 37.1 Å². The summed E-state index contributed by atoms with van der Waals surface area (Å²) in [5.74, 6) is 0.860. The summed E-state index contributed by atoms with van der Waals surface area (Å²) in [6, 6.07) is 18.4. The molecule has 3 aliphatic heterocycles. The Morgan fingerprint density at radius 2 is 1.90 bits per heavy atom. The molecular formula is C31H35N7O4. The first-order chi connectivity index (χ1) is 20.5. The third-order valence-electron chi connectivity index (χ3n) is 8.09. The van der Waals surface area contributed by atoms with Crippen LogP contribution in [0.15, 0.2) is 54.7 Å². The Hall–Kier alpha value is -4.24. The minimum absolute atomic E-state index is 0.168. The molecule has 0 spiro atoms. The number of amides is 1. The summed E-state index contributed by atoms with van der Waals surface area (Å²) in [5.41, 5.74) is 3.98. The van der Waals surface area contributed by atoms with Gasteiger partial charge in [0.15, 0.2) is 0 Å². The minimum atomic E-state index is -0.993. The van der Waals surface area contributed by atoms with E-state index in [0.717, 1.165) is 50.6 Å². The maximum Gasteiger partial charge on any atom is 0.251 e. The van der Waals surface area contributed by atoms with Crippen molar-refractivity contribution in [3.8, 4) is 23.1 Å². The van der Waals surface area contributed by atoms with E-state index in [9.17, 15) is 15.2 Å². The quantitative estimate of drug-likeness (QED) is 0.397. The van der Waals surface area contributed by atoms with Gasteiger partial charge < -0.3 is 29.7 Å². The van der Waals surface area contributed by atoms with Gasteiger partial charge in [0.25, 0.3) is 5.91 Å². The van der Waals surface area contributed by atoms with Crippen molar-refractivity contribution in [3.05, 3.63) is 60.3 Å². The molecule has 6 rings (SSSR count). The lowest BCUT2D eigenvalue weighted by atomic mass is 10.0. The number of carbonyl (C=O) groups is 1. The third-order valence-corrected chi connectivity index (χ3v) is 8.09. The number of likely N-dealkylation sites (tertiary alicyclic amines) is 1. The Morgan fingerprint density at radius 1 is 1.14 bits per heavy atom. The molecule has 1 amide bonds. The Labute approximate surface area is 245 Å². The number of nitriles is 1. The fraction of sp³-hybridized carbons (Fsp3) is 0.419. The van der Waals surface area contributed by atoms with Crippen LogP contribution in [0.5, 0.6) is 5.75 Å². The largest absolute Gasteiger partial charge is 0.492 e. The standard InChI is InChI=1S/C31H35N7O4/c1-21(39)30(40)38-16-22(17-38)18-42-29-7-2-23(14-24(29)15-32)28-8-9-33-31(35-28)34-25-3-5-26(6-4-25)36-10-12-37(13-11-36)27-19-41-20-27/h2-9,14,21-22,27,39H,10-13,16-20H2,1H3,(H,33,34,35). The van der Waals surface area contributed by atoms with Gasteiger partial charge in [-0.25, -0.2) is 9.97 Å². The van der Waals surface area contributed by atoms with E-state index in [4.69, 9.17) is 9.47 Å². The van der Waals surface area contributed by atoms with E-state index < -0.39 is 6.10 Å². The van der Waals surface area contributed by atoms with Crippen LogP contribution in [0.25, 0.3) is 11.3 Å². The van der Waals surface area contributed by atoms with Gasteiger partial charge >= 0.3 is 0 Å². The Kier molecular flexibility index (Phi) is 8.19. The molecule has 1 aromatic heterocycles. The summed E-state index contributed by atoms with van der Waals surface area (Å²) in [7, 11) is 0. The van der Waals surface area contributed by atoms with Crippen LogP contribution in [0.3, 0.4) is 0 Å². The van der Waals surface area contributed by atoms with Crippen molar-refractivity contribution in [2.45, 2.75) is 19.1 Å². The number of aliphatic hydroxyl groups excluding tert-OH is 1. The average molecular weight is 570 g/mol. The second-order valence-electron chi connectivity index (χ2n) is 11.1. The number of nitrogens with one attached hydrogen (secondary N) is 1. The molecule has 1 unspecified atom stereocenters. The van der Waals surface area contributed by atoms with Crippen molar-refractivity contribution in [1.82, 2.24) is 19.8 Å². The van der Waals surface area contributed by atoms with E-state index in [2.05, 4.69) is 43.3 Å². The van der Waals surface area contributed by atoms with Crippen LogP contribution in [0.4, 0.5) is 17.3 Å². The molecule has 42 heavy (non-hydrogen) atoms. The normalized spacial score (nSPS) is 18.5. The summed E-state index contributed by atoms with van der Waals surface area (Å²) in [6.07, 6.45) is 0.700. The van der Waals surface area contributed by atoms with Crippen molar-refractivity contribution in [3.63, 3.8) is 0 Å². The molecule has 1 atom stereocenters. The number of aliphatic hydroxyl groups is 1. The lowest BCUT2D eigenvalue weighted by Crippen LogP contribution is -2.56. The number of piperazine rings is 1. The first kappa shape index (κ1) is 27.9. The van der Waals surface area contributed by atoms with Gasteiger partial charge in [-0.3, -0.25) is 9.69 Å². The van der Waals surface area contributed by atoms with Gasteiger partial charge in [-0.05, 0) is 55.5 Å². The fourth-order valence-electron chi connectivity index (χ4n) is 5.47. The molecule has 3 aliphatic rings. The molecule has 0 bridgehead atoms. The second-order valence-corrected chi connectivity index (χ2v) is 11.1. The van der Waals surface area contributed by atoms with Crippen molar-refractivity contribution < 1.29 is 19.4 Å². The molecule has 11 heteroatoms. The summed E-state index contributed by atoms with van der Waals surface area (Å²) in [6.45, 7) is 8.79. The molecule has 0 aliphatic carbocycles. The number of nitrogens with zero attached hydrogens (tertiary/aromatic N) is 6. The van der Waals surface area contributed by atoms with Crippen molar-refractivity contribution in [2.24, 2.45) is 5.92 Å². The lowest BCUT2D eigenvalue weighted by molar-refractivity contribution is -0.146. The van der Waals surface area contributed by atoms with Gasteiger partial charge in [0.2, 0.25) is 5.95 Å². The van der Waals surface area contributed by atoms with E-state index in [1.165, 1.54) is 12.6 Å². The third kappa shape index (κ3) is 6.16. The lowest BCUT2D eigenvalue weighted by Gasteiger charge is -2.43. The molecule has 3 fully saturated rings. The van der Waals surface area contributed by atoms with E-state index in [1.54, 1.807) is 23.2 Å². The monoisotopic (exact) mass is 569 g/mol. The zero-order chi connectivity index (χ0) is 29.1. The number of benzene rings is 2. The van der Waals surface area contributed by atoms with E-state index in [-0.39, 0.29) is 11.8 Å². The number of hydrogen-bond acceptors (Lipinski definition) is 10. The number of anilines is 3. The smallest absolute Gasteiger partial charge is 0.251 e. The van der Waals surface area contributed by atoms with Gasteiger partial charge in [-0.1, -0.05) is 0 Å². The first-order valence-corrected chi connectivity index (χ1v) is 14.4. The SMILES string of the molecule is CC(O)C(=O)N1CC(COc2ccc(-c3ccnc(Nc4ccc(N5CCN(C6COC6)CC5)cc4)n3)cc2C#N)C1. The zero-order valence-electron chi connectivity index (χ0n) is 23.6. The number of carbonyl (C=O) groups excluding carboxylic acids is 1. The first-order valence-electron chi connectivity index (χ1n) is 14.4. The van der Waals surface area contributed by atoms with Crippen molar-refractivity contribution in [1.29, 1.82) is 5.26 Å². The zero-order valence-corrected chi connectivity index (χ0v) is 23.6. The summed E-state index contributed by atoms with van der Waals surface area (Å²) >= 11 is 0. The van der Waals surface area contributed by atoms with Crippen molar-refractivity contribution >= 4 is 23.2 Å². The summed E-state index contributed by atoms with van der Waals surface area (Å²) < 4.78 is 11.3. The Balaban J connectivity index is 1.04. The minimum Gasteiger partial charge on any atom is -0.492 e.